The number of para-hydroxylation sites is 1. The first kappa shape index (κ1) is 15.6. The number of nitrogens with one attached hydrogen (secondary N) is 1. The van der Waals surface area contributed by atoms with Gasteiger partial charge in [-0.15, -0.1) is 0 Å². The molecule has 4 heteroatoms. The maximum Gasteiger partial charge on any atom is 0.234 e. The average Bonchev–Trinajstić information content (AvgIpc) is 2.39. The standard InChI is InChI=1S/C15H20N2OS/c1-12(2)13-7-3-4-8-14(13)17-15(18)11-19-10-6-5-9-16/h3-4,7-8,12H,5-6,10-11H2,1-2H3,(H,17,18). The predicted molar refractivity (Wildman–Crippen MR) is 81.3 cm³/mol. The zero-order valence-corrected chi connectivity index (χ0v) is 12.3. The van der Waals surface area contributed by atoms with E-state index in [1.165, 1.54) is 0 Å². The summed E-state index contributed by atoms with van der Waals surface area (Å²) in [5, 5.41) is 11.4. The van der Waals surface area contributed by atoms with Gasteiger partial charge in [0.1, 0.15) is 0 Å². The van der Waals surface area contributed by atoms with Gasteiger partial charge in [-0.1, -0.05) is 32.0 Å². The van der Waals surface area contributed by atoms with Crippen molar-refractivity contribution in [1.29, 1.82) is 5.26 Å². The second-order valence-electron chi connectivity index (χ2n) is 4.60. The van der Waals surface area contributed by atoms with Crippen molar-refractivity contribution in [3.05, 3.63) is 29.8 Å². The van der Waals surface area contributed by atoms with Crippen LogP contribution in [0.1, 0.15) is 38.2 Å². The molecule has 0 fully saturated rings. The van der Waals surface area contributed by atoms with Crippen molar-refractivity contribution < 1.29 is 4.79 Å². The second-order valence-corrected chi connectivity index (χ2v) is 5.71. The van der Waals surface area contributed by atoms with Crippen molar-refractivity contribution in [3.8, 4) is 6.07 Å². The summed E-state index contributed by atoms with van der Waals surface area (Å²) in [6.45, 7) is 4.23. The molecule has 102 valence electrons. The third kappa shape index (κ3) is 5.80. The molecule has 1 amide bonds. The summed E-state index contributed by atoms with van der Waals surface area (Å²) in [5.41, 5.74) is 2.06. The Hall–Kier alpha value is -1.47. The van der Waals surface area contributed by atoms with Crippen LogP contribution in [-0.2, 0) is 4.79 Å². The van der Waals surface area contributed by atoms with Crippen molar-refractivity contribution in [2.45, 2.75) is 32.6 Å². The van der Waals surface area contributed by atoms with Gasteiger partial charge in [0.05, 0.1) is 11.8 Å². The fraction of sp³-hybridized carbons (Fsp3) is 0.467. The molecule has 0 saturated heterocycles. The SMILES string of the molecule is CC(C)c1ccccc1NC(=O)CSCCCC#N. The molecule has 0 heterocycles. The van der Waals surface area contributed by atoms with Crippen LogP contribution in [0.5, 0.6) is 0 Å². The molecule has 1 aromatic rings. The number of anilines is 1. The fourth-order valence-electron chi connectivity index (χ4n) is 1.72. The number of nitriles is 1. The smallest absolute Gasteiger partial charge is 0.234 e. The number of rotatable bonds is 7. The molecule has 0 aliphatic carbocycles. The summed E-state index contributed by atoms with van der Waals surface area (Å²) in [4.78, 5) is 11.8. The van der Waals surface area contributed by atoms with Crippen LogP contribution in [0, 0.1) is 11.3 Å². The lowest BCUT2D eigenvalue weighted by atomic mass is 10.0. The molecule has 1 aromatic carbocycles. The third-order valence-electron chi connectivity index (χ3n) is 2.67. The highest BCUT2D eigenvalue weighted by atomic mass is 32.2. The maximum absolute atomic E-state index is 11.8. The first-order valence-corrected chi connectivity index (χ1v) is 7.64. The largest absolute Gasteiger partial charge is 0.325 e. The molecule has 3 nitrogen and oxygen atoms in total. The molecule has 0 spiro atoms. The van der Waals surface area contributed by atoms with Gasteiger partial charge in [-0.2, -0.15) is 17.0 Å². The number of carbonyl (C=O) groups excluding carboxylic acids is 1. The molecule has 0 radical (unpaired) electrons. The van der Waals surface area contributed by atoms with Crippen molar-refractivity contribution in [2.75, 3.05) is 16.8 Å². The van der Waals surface area contributed by atoms with E-state index in [1.807, 2.05) is 24.3 Å². The van der Waals surface area contributed by atoms with Crippen molar-refractivity contribution in [3.63, 3.8) is 0 Å². The number of thioether (sulfide) groups is 1. The normalized spacial score (nSPS) is 10.2. The van der Waals surface area contributed by atoms with Crippen LogP contribution >= 0.6 is 11.8 Å². The van der Waals surface area contributed by atoms with E-state index in [1.54, 1.807) is 11.8 Å². The number of hydrogen-bond donors (Lipinski definition) is 1. The molecular weight excluding hydrogens is 256 g/mol. The maximum atomic E-state index is 11.8. The van der Waals surface area contributed by atoms with Crippen molar-refractivity contribution >= 4 is 23.4 Å². The van der Waals surface area contributed by atoms with Gasteiger partial charge in [-0.05, 0) is 29.7 Å². The minimum atomic E-state index is 0.0232. The Balaban J connectivity index is 2.42. The number of benzene rings is 1. The summed E-state index contributed by atoms with van der Waals surface area (Å²) in [5.74, 6) is 1.71. The lowest BCUT2D eigenvalue weighted by Crippen LogP contribution is -2.15. The topological polar surface area (TPSA) is 52.9 Å². The van der Waals surface area contributed by atoms with Crippen LogP contribution in [0.4, 0.5) is 5.69 Å². The third-order valence-corrected chi connectivity index (χ3v) is 3.71. The number of amides is 1. The summed E-state index contributed by atoms with van der Waals surface area (Å²) >= 11 is 1.57. The minimum Gasteiger partial charge on any atom is -0.325 e. The van der Waals surface area contributed by atoms with Gasteiger partial charge in [0.2, 0.25) is 5.91 Å². The Morgan fingerprint density at radius 1 is 1.42 bits per heavy atom. The number of nitrogens with zero attached hydrogens (tertiary/aromatic N) is 1. The molecule has 0 aliphatic heterocycles. The van der Waals surface area contributed by atoms with E-state index in [-0.39, 0.29) is 5.91 Å². The van der Waals surface area contributed by atoms with Crippen LogP contribution in [0.15, 0.2) is 24.3 Å². The Morgan fingerprint density at radius 2 is 2.16 bits per heavy atom. The van der Waals surface area contributed by atoms with Crippen LogP contribution in [0.25, 0.3) is 0 Å². The molecule has 19 heavy (non-hydrogen) atoms. The van der Waals surface area contributed by atoms with Crippen LogP contribution < -0.4 is 5.32 Å². The van der Waals surface area contributed by atoms with E-state index >= 15 is 0 Å². The summed E-state index contributed by atoms with van der Waals surface area (Å²) in [7, 11) is 0. The highest BCUT2D eigenvalue weighted by molar-refractivity contribution is 7.99. The van der Waals surface area contributed by atoms with Crippen molar-refractivity contribution in [2.24, 2.45) is 0 Å². The van der Waals surface area contributed by atoms with E-state index < -0.39 is 0 Å². The first-order valence-electron chi connectivity index (χ1n) is 6.48. The van der Waals surface area contributed by atoms with E-state index in [9.17, 15) is 4.79 Å². The van der Waals surface area contributed by atoms with Gasteiger partial charge >= 0.3 is 0 Å². The van der Waals surface area contributed by atoms with E-state index in [2.05, 4.69) is 25.2 Å². The summed E-state index contributed by atoms with van der Waals surface area (Å²) in [6.07, 6.45) is 1.40. The number of unbranched alkanes of at least 4 members (excludes halogenated alkanes) is 1. The first-order chi connectivity index (χ1) is 9.15. The second kappa shape index (κ2) is 8.60. The van der Waals surface area contributed by atoms with E-state index in [0.29, 0.717) is 18.1 Å². The highest BCUT2D eigenvalue weighted by Crippen LogP contribution is 2.23. The molecule has 1 rings (SSSR count). The van der Waals surface area contributed by atoms with Crippen LogP contribution in [-0.4, -0.2) is 17.4 Å². The van der Waals surface area contributed by atoms with Gasteiger partial charge in [0.15, 0.2) is 0 Å². The Morgan fingerprint density at radius 3 is 2.84 bits per heavy atom. The molecule has 0 atom stereocenters. The van der Waals surface area contributed by atoms with Gasteiger partial charge in [0, 0.05) is 12.1 Å². The van der Waals surface area contributed by atoms with Gasteiger partial charge in [-0.25, -0.2) is 0 Å². The van der Waals surface area contributed by atoms with Gasteiger partial charge < -0.3 is 5.32 Å². The highest BCUT2D eigenvalue weighted by Gasteiger charge is 2.08. The fourth-order valence-corrected chi connectivity index (χ4v) is 2.47. The quantitative estimate of drug-likeness (QED) is 0.771. The zero-order valence-electron chi connectivity index (χ0n) is 11.5. The summed E-state index contributed by atoms with van der Waals surface area (Å²) < 4.78 is 0. The molecule has 0 aliphatic rings. The Labute approximate surface area is 119 Å². The lowest BCUT2D eigenvalue weighted by Gasteiger charge is -2.13. The molecule has 0 bridgehead atoms. The van der Waals surface area contributed by atoms with Crippen molar-refractivity contribution in [1.82, 2.24) is 0 Å². The van der Waals surface area contributed by atoms with Gasteiger partial charge in [0.25, 0.3) is 0 Å². The molecule has 0 unspecified atom stereocenters. The number of carbonyl (C=O) groups is 1. The molecule has 1 N–H and O–H groups in total. The average molecular weight is 276 g/mol. The predicted octanol–water partition coefficient (Wildman–Crippen LogP) is 3.79. The zero-order chi connectivity index (χ0) is 14.1. The molecular formula is C15H20N2OS. The Bertz CT molecular complexity index is 452. The van der Waals surface area contributed by atoms with Crippen LogP contribution in [0.3, 0.4) is 0 Å². The number of hydrogen-bond acceptors (Lipinski definition) is 3. The monoisotopic (exact) mass is 276 g/mol. The summed E-state index contributed by atoms with van der Waals surface area (Å²) in [6, 6.07) is 10.0. The molecule has 0 saturated carbocycles. The van der Waals surface area contributed by atoms with E-state index in [0.717, 1.165) is 23.4 Å². The molecule has 0 aromatic heterocycles. The lowest BCUT2D eigenvalue weighted by molar-refractivity contribution is -0.113. The van der Waals surface area contributed by atoms with Gasteiger partial charge in [-0.3, -0.25) is 4.79 Å². The minimum absolute atomic E-state index is 0.0232. The van der Waals surface area contributed by atoms with E-state index in [4.69, 9.17) is 5.26 Å². The van der Waals surface area contributed by atoms with Crippen LogP contribution in [0.2, 0.25) is 0 Å². The Kier molecular flexibility index (Phi) is 7.06.